The molecule has 0 aromatic carbocycles. The van der Waals surface area contributed by atoms with Crippen LogP contribution in [0.3, 0.4) is 0 Å². The number of carbonyl (C=O) groups excluding carboxylic acids is 1. The van der Waals surface area contributed by atoms with Crippen LogP contribution in [0.4, 0.5) is 13.2 Å². The Labute approximate surface area is 160 Å². The quantitative estimate of drug-likeness (QED) is 0.824. The van der Waals surface area contributed by atoms with Crippen LogP contribution < -0.4 is 5.32 Å². The zero-order valence-electron chi connectivity index (χ0n) is 15.5. The fourth-order valence-electron chi connectivity index (χ4n) is 6.93. The van der Waals surface area contributed by atoms with Crippen molar-refractivity contribution in [2.75, 3.05) is 0 Å². The second-order valence-corrected chi connectivity index (χ2v) is 10.1. The van der Waals surface area contributed by atoms with Crippen LogP contribution in [-0.2, 0) is 12.7 Å². The van der Waals surface area contributed by atoms with Gasteiger partial charge in [-0.2, -0.15) is 18.3 Å². The summed E-state index contributed by atoms with van der Waals surface area (Å²) in [6, 6.07) is -0.148. The van der Waals surface area contributed by atoms with Gasteiger partial charge in [0, 0.05) is 12.6 Å². The molecule has 1 aromatic heterocycles. The molecule has 1 spiro atoms. The topological polar surface area (TPSA) is 67.2 Å². The third-order valence-corrected chi connectivity index (χ3v) is 8.29. The second kappa shape index (κ2) is 5.12. The molecule has 6 atom stereocenters. The number of nitrogens with zero attached hydrogens (tertiary/aromatic N) is 2. The molecule has 2 N–H and O–H groups in total. The van der Waals surface area contributed by atoms with Crippen molar-refractivity contribution in [3.8, 4) is 0 Å². The fraction of sp³-hybridized carbons (Fsp3) is 0.800. The average molecular weight is 395 g/mol. The van der Waals surface area contributed by atoms with Crippen molar-refractivity contribution < 1.29 is 23.1 Å². The maximum absolute atomic E-state index is 13.7. The minimum Gasteiger partial charge on any atom is -0.390 e. The lowest BCUT2D eigenvalue weighted by molar-refractivity contribution is -0.144. The Morgan fingerprint density at radius 2 is 2.04 bits per heavy atom. The van der Waals surface area contributed by atoms with E-state index in [0.717, 1.165) is 49.4 Å². The molecule has 5 nitrogen and oxygen atoms in total. The number of aromatic nitrogens is 2. The van der Waals surface area contributed by atoms with E-state index >= 15 is 0 Å². The number of hydrogen-bond donors (Lipinski definition) is 2. The van der Waals surface area contributed by atoms with Crippen molar-refractivity contribution in [3.05, 3.63) is 17.5 Å². The predicted octanol–water partition coefficient (Wildman–Crippen LogP) is 2.98. The standard InChI is InChI=1S/C20H24F3N3O2/c21-20(22,23)16-13(8-24-26(16)9-10-1-2-10)17(27)25-15-7-19-4-11(19)3-18(28)5-12(15)14(19)6-18/h8,10-12,14-15,28H,1-7,9H2,(H,25,27)/t11?,12?,14?,15-,18+,19?/m0/s1. The van der Waals surface area contributed by atoms with E-state index in [4.69, 9.17) is 0 Å². The van der Waals surface area contributed by atoms with Crippen molar-refractivity contribution >= 4 is 5.91 Å². The Balaban J connectivity index is 1.26. The molecule has 1 aromatic rings. The van der Waals surface area contributed by atoms with Gasteiger partial charge in [-0.05, 0) is 74.0 Å². The molecule has 5 fully saturated rings. The molecular formula is C20H24F3N3O2. The van der Waals surface area contributed by atoms with Crippen molar-refractivity contribution in [2.24, 2.45) is 29.1 Å². The number of aliphatic hydroxyl groups is 1. The zero-order chi connectivity index (χ0) is 19.5. The van der Waals surface area contributed by atoms with Crippen molar-refractivity contribution in [2.45, 2.75) is 69.3 Å². The number of carbonyl (C=O) groups is 1. The van der Waals surface area contributed by atoms with Crippen LogP contribution in [-0.4, -0.2) is 32.4 Å². The van der Waals surface area contributed by atoms with Crippen LogP contribution in [0.25, 0.3) is 0 Å². The summed E-state index contributed by atoms with van der Waals surface area (Å²) in [4.78, 5) is 12.8. The average Bonchev–Trinajstić information content (AvgIpc) is 3.40. The Morgan fingerprint density at radius 1 is 1.25 bits per heavy atom. The predicted molar refractivity (Wildman–Crippen MR) is 92.1 cm³/mol. The van der Waals surface area contributed by atoms with Crippen LogP contribution in [0, 0.1) is 29.1 Å². The summed E-state index contributed by atoms with van der Waals surface area (Å²) in [5.41, 5.74) is -1.71. The fourth-order valence-corrected chi connectivity index (χ4v) is 6.93. The smallest absolute Gasteiger partial charge is 0.390 e. The monoisotopic (exact) mass is 395 g/mol. The highest BCUT2D eigenvalue weighted by Crippen LogP contribution is 2.77. The number of halogens is 3. The first-order valence-electron chi connectivity index (χ1n) is 10.3. The third-order valence-electron chi connectivity index (χ3n) is 8.29. The summed E-state index contributed by atoms with van der Waals surface area (Å²) in [6.07, 6.45) is 2.51. The van der Waals surface area contributed by atoms with E-state index in [1.165, 1.54) is 0 Å². The number of fused-ring (bicyclic) bond motifs is 1. The van der Waals surface area contributed by atoms with E-state index in [1.54, 1.807) is 0 Å². The lowest BCUT2D eigenvalue weighted by Gasteiger charge is -2.32. The minimum absolute atomic E-state index is 0.148. The molecule has 1 heterocycles. The SMILES string of the molecule is O=C(N[C@H]1CC23CC2C[C@@]2(O)CC1C3C2)c1cnn(CC2CC2)c1C(F)(F)F. The summed E-state index contributed by atoms with van der Waals surface area (Å²) in [6.45, 7) is 0.216. The first-order valence-corrected chi connectivity index (χ1v) is 10.3. The molecule has 5 saturated carbocycles. The normalized spacial score (nSPS) is 43.1. The van der Waals surface area contributed by atoms with Gasteiger partial charge in [0.25, 0.3) is 5.91 Å². The molecule has 0 radical (unpaired) electrons. The molecule has 6 rings (SSSR count). The molecule has 5 aliphatic carbocycles. The van der Waals surface area contributed by atoms with E-state index in [9.17, 15) is 23.1 Å². The van der Waals surface area contributed by atoms with Gasteiger partial charge in [-0.25, -0.2) is 0 Å². The van der Waals surface area contributed by atoms with Crippen LogP contribution in [0.2, 0.25) is 0 Å². The van der Waals surface area contributed by atoms with Gasteiger partial charge in [0.1, 0.15) is 0 Å². The summed E-state index contributed by atoms with van der Waals surface area (Å²) in [7, 11) is 0. The number of rotatable bonds is 4. The van der Waals surface area contributed by atoms with Crippen LogP contribution in [0.15, 0.2) is 6.20 Å². The molecular weight excluding hydrogens is 371 g/mol. The molecule has 8 heteroatoms. The maximum atomic E-state index is 13.7. The van der Waals surface area contributed by atoms with Gasteiger partial charge in [0.05, 0.1) is 17.4 Å². The highest BCUT2D eigenvalue weighted by molar-refractivity contribution is 5.95. The first-order chi connectivity index (χ1) is 13.2. The highest BCUT2D eigenvalue weighted by Gasteiger charge is 2.74. The largest absolute Gasteiger partial charge is 0.433 e. The van der Waals surface area contributed by atoms with Gasteiger partial charge in [0.15, 0.2) is 5.69 Å². The van der Waals surface area contributed by atoms with Crippen molar-refractivity contribution in [3.63, 3.8) is 0 Å². The van der Waals surface area contributed by atoms with E-state index < -0.39 is 23.4 Å². The molecule has 0 aliphatic heterocycles. The number of amides is 1. The van der Waals surface area contributed by atoms with Crippen LogP contribution >= 0.6 is 0 Å². The molecule has 28 heavy (non-hydrogen) atoms. The summed E-state index contributed by atoms with van der Waals surface area (Å²) in [5.74, 6) is 0.658. The Hall–Kier alpha value is -1.57. The third kappa shape index (κ3) is 2.36. The number of nitrogens with one attached hydrogen (secondary N) is 1. The Morgan fingerprint density at radius 3 is 2.75 bits per heavy atom. The van der Waals surface area contributed by atoms with E-state index in [1.807, 2.05) is 0 Å². The van der Waals surface area contributed by atoms with E-state index in [-0.39, 0.29) is 35.4 Å². The van der Waals surface area contributed by atoms with E-state index in [2.05, 4.69) is 10.4 Å². The second-order valence-electron chi connectivity index (χ2n) is 10.1. The lowest BCUT2D eigenvalue weighted by atomic mass is 9.78. The summed E-state index contributed by atoms with van der Waals surface area (Å²) < 4.78 is 42.0. The molecule has 0 saturated heterocycles. The van der Waals surface area contributed by atoms with E-state index in [0.29, 0.717) is 18.3 Å². The van der Waals surface area contributed by atoms with Gasteiger partial charge in [-0.3, -0.25) is 9.48 Å². The van der Waals surface area contributed by atoms with Gasteiger partial charge in [-0.1, -0.05) is 0 Å². The highest BCUT2D eigenvalue weighted by atomic mass is 19.4. The van der Waals surface area contributed by atoms with Crippen LogP contribution in [0.5, 0.6) is 0 Å². The minimum atomic E-state index is -4.61. The lowest BCUT2D eigenvalue weighted by Crippen LogP contribution is -2.40. The summed E-state index contributed by atoms with van der Waals surface area (Å²) in [5, 5.41) is 17.6. The van der Waals surface area contributed by atoms with Crippen molar-refractivity contribution in [1.29, 1.82) is 0 Å². The first kappa shape index (κ1) is 17.3. The Bertz CT molecular complexity index is 863. The van der Waals surface area contributed by atoms with Gasteiger partial charge >= 0.3 is 6.18 Å². The zero-order valence-corrected chi connectivity index (χ0v) is 15.5. The Kier molecular flexibility index (Phi) is 3.17. The molecule has 1 amide bonds. The van der Waals surface area contributed by atoms with Crippen LogP contribution in [0.1, 0.15) is 61.0 Å². The van der Waals surface area contributed by atoms with Gasteiger partial charge in [0.2, 0.25) is 0 Å². The summed E-state index contributed by atoms with van der Waals surface area (Å²) >= 11 is 0. The number of alkyl halides is 3. The molecule has 2 bridgehead atoms. The number of hydrogen-bond acceptors (Lipinski definition) is 3. The van der Waals surface area contributed by atoms with Gasteiger partial charge in [-0.15, -0.1) is 0 Å². The molecule has 5 aliphatic rings. The molecule has 152 valence electrons. The maximum Gasteiger partial charge on any atom is 0.433 e. The van der Waals surface area contributed by atoms with Gasteiger partial charge < -0.3 is 10.4 Å². The molecule has 4 unspecified atom stereocenters. The van der Waals surface area contributed by atoms with Crippen molar-refractivity contribution in [1.82, 2.24) is 15.1 Å².